The summed E-state index contributed by atoms with van der Waals surface area (Å²) >= 11 is 0. The Balaban J connectivity index is 2.15. The maximum Gasteiger partial charge on any atom is 0.251 e. The van der Waals surface area contributed by atoms with E-state index in [1.807, 2.05) is 0 Å². The van der Waals surface area contributed by atoms with Gasteiger partial charge in [0.2, 0.25) is 10.0 Å². The van der Waals surface area contributed by atoms with E-state index in [0.29, 0.717) is 29.5 Å². The number of primary sulfonamides is 1. The number of hydrogen-bond donors (Lipinski definition) is 2. The van der Waals surface area contributed by atoms with Gasteiger partial charge in [-0.15, -0.1) is 0 Å². The zero-order chi connectivity index (χ0) is 14.2. The zero-order valence-corrected chi connectivity index (χ0v) is 11.8. The minimum absolute atomic E-state index is 0.0301. The molecule has 0 radical (unpaired) electrons. The van der Waals surface area contributed by atoms with Crippen LogP contribution in [0.1, 0.15) is 29.3 Å². The molecule has 2 atom stereocenters. The largest absolute Gasteiger partial charge is 0.352 e. The smallest absolute Gasteiger partial charge is 0.251 e. The molecule has 19 heavy (non-hydrogen) atoms. The molecule has 0 spiro atoms. The van der Waals surface area contributed by atoms with Crippen LogP contribution in [0, 0.1) is 18.8 Å². The van der Waals surface area contributed by atoms with Crippen LogP contribution < -0.4 is 10.5 Å². The Labute approximate surface area is 113 Å². The summed E-state index contributed by atoms with van der Waals surface area (Å²) in [6.07, 6.45) is 1.14. The van der Waals surface area contributed by atoms with Crippen molar-refractivity contribution < 1.29 is 13.2 Å². The first-order valence-corrected chi connectivity index (χ1v) is 7.74. The van der Waals surface area contributed by atoms with Gasteiger partial charge < -0.3 is 5.32 Å². The highest BCUT2D eigenvalue weighted by Gasteiger charge is 2.32. The third-order valence-corrected chi connectivity index (χ3v) is 4.34. The molecule has 3 N–H and O–H groups in total. The van der Waals surface area contributed by atoms with Gasteiger partial charge in [0.05, 0.1) is 4.90 Å². The molecule has 1 amide bonds. The van der Waals surface area contributed by atoms with E-state index in [1.54, 1.807) is 13.0 Å². The van der Waals surface area contributed by atoms with Gasteiger partial charge in [-0.05, 0) is 48.9 Å². The predicted molar refractivity (Wildman–Crippen MR) is 72.2 cm³/mol. The van der Waals surface area contributed by atoms with Crippen molar-refractivity contribution in [3.8, 4) is 0 Å². The van der Waals surface area contributed by atoms with Crippen LogP contribution in [-0.4, -0.2) is 20.9 Å². The normalized spacial score (nSPS) is 22.1. The first-order valence-electron chi connectivity index (χ1n) is 6.20. The SMILES string of the molecule is Cc1cc(C(=O)NCC2CC2C)cc(S(N)(=O)=O)c1. The molecule has 1 saturated carbocycles. The molecule has 104 valence electrons. The number of benzene rings is 1. The van der Waals surface area contributed by atoms with Crippen LogP contribution in [0.15, 0.2) is 23.1 Å². The summed E-state index contributed by atoms with van der Waals surface area (Å²) in [4.78, 5) is 11.9. The standard InChI is InChI=1S/C13H18N2O3S/c1-8-3-10(6-12(4-8)19(14,17)18)13(16)15-7-11-5-9(11)2/h3-4,6,9,11H,5,7H2,1-2H3,(H,15,16)(H2,14,17,18). The summed E-state index contributed by atoms with van der Waals surface area (Å²) in [5.41, 5.74) is 1.02. The lowest BCUT2D eigenvalue weighted by molar-refractivity contribution is 0.0951. The van der Waals surface area contributed by atoms with Gasteiger partial charge >= 0.3 is 0 Å². The van der Waals surface area contributed by atoms with E-state index in [2.05, 4.69) is 12.2 Å². The van der Waals surface area contributed by atoms with Crippen molar-refractivity contribution in [2.75, 3.05) is 6.54 Å². The quantitative estimate of drug-likeness (QED) is 0.864. The summed E-state index contributed by atoms with van der Waals surface area (Å²) < 4.78 is 22.7. The molecular weight excluding hydrogens is 264 g/mol. The Morgan fingerprint density at radius 1 is 1.42 bits per heavy atom. The van der Waals surface area contributed by atoms with Crippen LogP contribution in [0.5, 0.6) is 0 Å². The lowest BCUT2D eigenvalue weighted by Gasteiger charge is -2.07. The fourth-order valence-corrected chi connectivity index (χ4v) is 2.69. The third-order valence-electron chi connectivity index (χ3n) is 3.44. The number of aryl methyl sites for hydroxylation is 1. The van der Waals surface area contributed by atoms with Gasteiger partial charge in [0.25, 0.3) is 5.91 Å². The Morgan fingerprint density at radius 3 is 2.58 bits per heavy atom. The number of nitrogens with two attached hydrogens (primary N) is 1. The zero-order valence-electron chi connectivity index (χ0n) is 11.0. The van der Waals surface area contributed by atoms with Gasteiger partial charge in [-0.25, -0.2) is 13.6 Å². The number of carbonyl (C=O) groups excluding carboxylic acids is 1. The number of rotatable bonds is 4. The van der Waals surface area contributed by atoms with Gasteiger partial charge in [-0.2, -0.15) is 0 Å². The van der Waals surface area contributed by atoms with E-state index < -0.39 is 10.0 Å². The first kappa shape index (κ1) is 14.0. The topological polar surface area (TPSA) is 89.3 Å². The summed E-state index contributed by atoms with van der Waals surface area (Å²) in [6.45, 7) is 4.51. The van der Waals surface area contributed by atoms with Crippen molar-refractivity contribution in [1.82, 2.24) is 5.32 Å². The average Bonchev–Trinajstić information content (AvgIpc) is 3.00. The molecule has 0 heterocycles. The molecule has 1 aromatic carbocycles. The fourth-order valence-electron chi connectivity index (χ4n) is 2.05. The lowest BCUT2D eigenvalue weighted by atomic mass is 10.1. The fraction of sp³-hybridized carbons (Fsp3) is 0.462. The first-order chi connectivity index (χ1) is 8.77. The molecule has 0 aliphatic heterocycles. The second-order valence-electron chi connectivity index (χ2n) is 5.26. The Kier molecular flexibility index (Phi) is 3.64. The maximum absolute atomic E-state index is 12.0. The second-order valence-corrected chi connectivity index (χ2v) is 6.82. The minimum atomic E-state index is -3.79. The molecule has 1 fully saturated rings. The van der Waals surface area contributed by atoms with Crippen molar-refractivity contribution in [3.05, 3.63) is 29.3 Å². The van der Waals surface area contributed by atoms with E-state index in [0.717, 1.165) is 6.42 Å². The minimum Gasteiger partial charge on any atom is -0.352 e. The Hall–Kier alpha value is -1.40. The van der Waals surface area contributed by atoms with E-state index in [9.17, 15) is 13.2 Å². The van der Waals surface area contributed by atoms with Crippen molar-refractivity contribution in [3.63, 3.8) is 0 Å². The molecule has 0 saturated heterocycles. The van der Waals surface area contributed by atoms with Crippen molar-refractivity contribution in [2.45, 2.75) is 25.2 Å². The third kappa shape index (κ3) is 3.54. The van der Waals surface area contributed by atoms with E-state index in [4.69, 9.17) is 5.14 Å². The highest BCUT2D eigenvalue weighted by molar-refractivity contribution is 7.89. The number of hydrogen-bond acceptors (Lipinski definition) is 3. The Morgan fingerprint density at radius 2 is 2.05 bits per heavy atom. The van der Waals surface area contributed by atoms with E-state index in [-0.39, 0.29) is 10.8 Å². The van der Waals surface area contributed by atoms with Crippen LogP contribution in [-0.2, 0) is 10.0 Å². The maximum atomic E-state index is 12.0. The molecule has 0 bridgehead atoms. The van der Waals surface area contributed by atoms with Crippen LogP contribution in [0.3, 0.4) is 0 Å². The van der Waals surface area contributed by atoms with E-state index >= 15 is 0 Å². The van der Waals surface area contributed by atoms with Gasteiger partial charge in [-0.3, -0.25) is 4.79 Å². The van der Waals surface area contributed by atoms with Gasteiger partial charge in [0, 0.05) is 12.1 Å². The Bertz CT molecular complexity index is 610. The summed E-state index contributed by atoms with van der Waals surface area (Å²) in [6, 6.07) is 4.42. The molecular formula is C13H18N2O3S. The number of nitrogens with one attached hydrogen (secondary N) is 1. The number of carbonyl (C=O) groups is 1. The molecule has 5 nitrogen and oxygen atoms in total. The molecule has 1 aromatic rings. The molecule has 2 rings (SSSR count). The average molecular weight is 282 g/mol. The summed E-state index contributed by atoms with van der Waals surface area (Å²) in [7, 11) is -3.79. The van der Waals surface area contributed by atoms with Crippen molar-refractivity contribution in [2.24, 2.45) is 17.0 Å². The van der Waals surface area contributed by atoms with Crippen LogP contribution in [0.25, 0.3) is 0 Å². The van der Waals surface area contributed by atoms with Crippen LogP contribution >= 0.6 is 0 Å². The highest BCUT2D eigenvalue weighted by atomic mass is 32.2. The van der Waals surface area contributed by atoms with Gasteiger partial charge in [0.1, 0.15) is 0 Å². The molecule has 1 aliphatic carbocycles. The highest BCUT2D eigenvalue weighted by Crippen LogP contribution is 2.36. The monoisotopic (exact) mass is 282 g/mol. The predicted octanol–water partition coefficient (Wildman–Crippen LogP) is 1.03. The van der Waals surface area contributed by atoms with Crippen molar-refractivity contribution in [1.29, 1.82) is 0 Å². The van der Waals surface area contributed by atoms with Crippen molar-refractivity contribution >= 4 is 15.9 Å². The second kappa shape index (κ2) is 4.94. The molecule has 1 aliphatic rings. The van der Waals surface area contributed by atoms with Gasteiger partial charge in [-0.1, -0.05) is 6.92 Å². The summed E-state index contributed by atoms with van der Waals surface area (Å²) in [5.74, 6) is 0.956. The van der Waals surface area contributed by atoms with Crippen LogP contribution in [0.4, 0.5) is 0 Å². The number of sulfonamides is 1. The lowest BCUT2D eigenvalue weighted by Crippen LogP contribution is -2.26. The molecule has 2 unspecified atom stereocenters. The number of amides is 1. The summed E-state index contributed by atoms with van der Waals surface area (Å²) in [5, 5.41) is 7.91. The molecule has 0 aromatic heterocycles. The van der Waals surface area contributed by atoms with Gasteiger partial charge in [0.15, 0.2) is 0 Å². The molecule has 6 heteroatoms. The van der Waals surface area contributed by atoms with E-state index in [1.165, 1.54) is 12.1 Å². The van der Waals surface area contributed by atoms with Crippen LogP contribution in [0.2, 0.25) is 0 Å².